The summed E-state index contributed by atoms with van der Waals surface area (Å²) in [6.45, 7) is 34.1. The van der Waals surface area contributed by atoms with Crippen molar-refractivity contribution in [2.45, 2.75) is 221 Å². The molecule has 0 heterocycles. The van der Waals surface area contributed by atoms with Crippen molar-refractivity contribution in [3.63, 3.8) is 0 Å². The molecule has 7 aliphatic carbocycles. The van der Waals surface area contributed by atoms with Crippen LogP contribution in [0.2, 0.25) is 0 Å². The Balaban J connectivity index is 0.000000252. The molecule has 7 rings (SSSR count). The molecule has 0 aromatic heterocycles. The number of hydroxylamine groups is 3. The Kier molecular flexibility index (Phi) is 19.0. The fourth-order valence-electron chi connectivity index (χ4n) is 10.7. The molecule has 71 heavy (non-hydrogen) atoms. The topological polar surface area (TPSA) is 125 Å². The predicted molar refractivity (Wildman–Crippen MR) is 289 cm³/mol. The van der Waals surface area contributed by atoms with Crippen LogP contribution in [0.5, 0.6) is 0 Å². The van der Waals surface area contributed by atoms with E-state index < -0.39 is 28.3 Å². The minimum Gasteiger partial charge on any atom is -0.623 e. The van der Waals surface area contributed by atoms with Gasteiger partial charge in [-0.2, -0.15) is 15.6 Å². The number of aryl methyl sites for hydroxylation is 1. The van der Waals surface area contributed by atoms with Gasteiger partial charge in [0.1, 0.15) is 0 Å². The number of nitrogens with zero attached hydrogens (tertiary/aromatic N) is 5. The summed E-state index contributed by atoms with van der Waals surface area (Å²) in [6, 6.07) is 23.2. The molecule has 0 aromatic carbocycles. The van der Waals surface area contributed by atoms with E-state index in [1.165, 1.54) is 30.4 Å². The summed E-state index contributed by atoms with van der Waals surface area (Å²) in [5.41, 5.74) is 7.80. The first kappa shape index (κ1) is 56.5. The van der Waals surface area contributed by atoms with Crippen LogP contribution in [-0.4, -0.2) is 44.4 Å². The van der Waals surface area contributed by atoms with Crippen molar-refractivity contribution in [3.05, 3.63) is 110 Å². The van der Waals surface area contributed by atoms with Crippen LogP contribution < -0.4 is 0 Å². The number of hydrogen-bond acceptors (Lipinski definition) is 7. The lowest BCUT2D eigenvalue weighted by Gasteiger charge is -2.49. The standard InChI is InChI=1S/C35H47N3O2.C20H25NO2.C7H11N/c1-24(2)27-16-15-25(3)31-28(26(4)39)22-30(29(31)21-27)32(34(23-36)17-11-9-12-18-34)38(33(5,6)7)40-35(37-8)19-13-10-14-20-35;1-13(2)15-8-7-9-17-18(14(3)22)11-16(19(17)10-15)12-21(23)20(4,5)6;8-6-7-4-2-1-3-5-7/h15-16,21-22,24,32H,9-14,17-20H2,1-7H3;7-13H,1-6H3;7H,1-5H2/b;21-12-;. The summed E-state index contributed by atoms with van der Waals surface area (Å²) < 4.78 is 0.952. The van der Waals surface area contributed by atoms with Crippen molar-refractivity contribution in [1.29, 1.82) is 10.5 Å². The van der Waals surface area contributed by atoms with Gasteiger partial charge < -0.3 is 5.21 Å². The normalized spacial score (nSPS) is 17.8. The van der Waals surface area contributed by atoms with Crippen molar-refractivity contribution in [2.24, 2.45) is 11.3 Å². The second-order valence-electron chi connectivity index (χ2n) is 23.4. The van der Waals surface area contributed by atoms with Crippen LogP contribution in [0, 0.1) is 52.7 Å². The highest BCUT2D eigenvalue weighted by molar-refractivity contribution is 6.07. The van der Waals surface area contributed by atoms with Gasteiger partial charge in [0.05, 0.1) is 36.4 Å². The van der Waals surface area contributed by atoms with Crippen molar-refractivity contribution in [3.8, 4) is 34.4 Å². The van der Waals surface area contributed by atoms with Crippen molar-refractivity contribution in [2.75, 3.05) is 0 Å². The monoisotopic (exact) mass is 962 g/mol. The highest BCUT2D eigenvalue weighted by Crippen LogP contribution is 2.55. The van der Waals surface area contributed by atoms with Crippen molar-refractivity contribution >= 4 is 17.8 Å². The van der Waals surface area contributed by atoms with Gasteiger partial charge in [0.25, 0.3) is 0 Å². The third-order valence-corrected chi connectivity index (χ3v) is 15.0. The summed E-state index contributed by atoms with van der Waals surface area (Å²) in [5.74, 6) is 1.11. The molecule has 0 aliphatic heterocycles. The lowest BCUT2D eigenvalue weighted by molar-refractivity contribution is -0.530. The maximum atomic E-state index is 13.1. The average molecular weight is 962 g/mol. The number of carbonyl (C=O) groups excluding carboxylic acids is 2. The summed E-state index contributed by atoms with van der Waals surface area (Å²) >= 11 is 0. The van der Waals surface area contributed by atoms with Crippen LogP contribution in [0.1, 0.15) is 246 Å². The first-order valence-corrected chi connectivity index (χ1v) is 26.6. The van der Waals surface area contributed by atoms with Gasteiger partial charge in [-0.15, -0.1) is 0 Å². The van der Waals surface area contributed by atoms with Crippen LogP contribution in [-0.2, 0) is 4.84 Å². The van der Waals surface area contributed by atoms with Gasteiger partial charge in [0.15, 0.2) is 23.3 Å². The van der Waals surface area contributed by atoms with Gasteiger partial charge in [-0.3, -0.25) is 14.4 Å². The van der Waals surface area contributed by atoms with Crippen molar-refractivity contribution < 1.29 is 19.2 Å². The number of ketones is 2. The largest absolute Gasteiger partial charge is 0.623 e. The van der Waals surface area contributed by atoms with Gasteiger partial charge >= 0.3 is 5.72 Å². The first-order chi connectivity index (χ1) is 33.4. The number of nitriles is 2. The van der Waals surface area contributed by atoms with E-state index >= 15 is 0 Å². The molecule has 9 heteroatoms. The smallest absolute Gasteiger partial charge is 0.352 e. The van der Waals surface area contributed by atoms with E-state index in [9.17, 15) is 20.1 Å². The third-order valence-electron chi connectivity index (χ3n) is 15.0. The lowest BCUT2D eigenvalue weighted by Crippen LogP contribution is -2.54. The van der Waals surface area contributed by atoms with E-state index in [0.717, 1.165) is 108 Å². The lowest BCUT2D eigenvalue weighted by atomic mass is 9.67. The first-order valence-electron chi connectivity index (χ1n) is 26.6. The van der Waals surface area contributed by atoms with Crippen LogP contribution in [0.25, 0.3) is 27.1 Å². The maximum Gasteiger partial charge on any atom is 0.352 e. The fourth-order valence-corrected chi connectivity index (χ4v) is 10.7. The second-order valence-corrected chi connectivity index (χ2v) is 23.4. The van der Waals surface area contributed by atoms with E-state index in [4.69, 9.17) is 16.7 Å². The molecular formula is C62H83N5O4. The van der Waals surface area contributed by atoms with Gasteiger partial charge in [-0.05, 0) is 149 Å². The van der Waals surface area contributed by atoms with Gasteiger partial charge in [0.2, 0.25) is 0 Å². The molecule has 7 aliphatic rings. The minimum atomic E-state index is -0.926. The molecule has 0 N–H and O–H groups in total. The third kappa shape index (κ3) is 13.6. The van der Waals surface area contributed by atoms with E-state index in [0.29, 0.717) is 41.7 Å². The second kappa shape index (κ2) is 23.9. The number of rotatable bonds is 10. The van der Waals surface area contributed by atoms with Gasteiger partial charge in [-0.25, -0.2) is 16.1 Å². The highest BCUT2D eigenvalue weighted by atomic mass is 16.7. The van der Waals surface area contributed by atoms with Crippen molar-refractivity contribution in [1.82, 2.24) is 5.06 Å². The van der Waals surface area contributed by atoms with Crippen LogP contribution in [0.15, 0.2) is 54.6 Å². The molecule has 9 nitrogen and oxygen atoms in total. The molecule has 380 valence electrons. The molecular weight excluding hydrogens is 879 g/mol. The molecule has 0 radical (unpaired) electrons. The number of Topliss-reactive ketones (excluding diaryl/α,β-unsaturated/α-hetero) is 2. The molecule has 0 bridgehead atoms. The zero-order valence-corrected chi connectivity index (χ0v) is 45.6. The zero-order valence-electron chi connectivity index (χ0n) is 45.6. The van der Waals surface area contributed by atoms with Gasteiger partial charge in [-0.1, -0.05) is 115 Å². The molecule has 3 fully saturated rings. The molecule has 3 saturated carbocycles. The van der Waals surface area contributed by atoms with Crippen LogP contribution in [0.4, 0.5) is 0 Å². The Morgan fingerprint density at radius 1 is 0.775 bits per heavy atom. The zero-order chi connectivity index (χ0) is 52.5. The molecule has 0 aromatic rings. The molecule has 0 saturated heterocycles. The highest BCUT2D eigenvalue weighted by Gasteiger charge is 2.53. The minimum absolute atomic E-state index is 0.0140. The Bertz CT molecular complexity index is 2570. The fraction of sp³-hybridized carbons (Fsp3) is 0.581. The molecule has 1 unspecified atom stereocenters. The predicted octanol–water partition coefficient (Wildman–Crippen LogP) is 16.5. The Labute approximate surface area is 427 Å². The van der Waals surface area contributed by atoms with Crippen LogP contribution >= 0.6 is 0 Å². The van der Waals surface area contributed by atoms with E-state index in [2.05, 4.69) is 109 Å². The molecule has 0 amide bonds. The summed E-state index contributed by atoms with van der Waals surface area (Å²) in [6.07, 6.45) is 16.9. The summed E-state index contributed by atoms with van der Waals surface area (Å²) in [4.78, 5) is 36.2. The molecule has 1 atom stereocenters. The quantitative estimate of drug-likeness (QED) is 0.0387. The van der Waals surface area contributed by atoms with Crippen LogP contribution in [0.3, 0.4) is 0 Å². The Morgan fingerprint density at radius 3 is 1.82 bits per heavy atom. The average Bonchev–Trinajstić information content (AvgIpc) is 3.70. The summed E-state index contributed by atoms with van der Waals surface area (Å²) in [7, 11) is 0. The van der Waals surface area contributed by atoms with E-state index in [1.54, 1.807) is 20.1 Å². The summed E-state index contributed by atoms with van der Waals surface area (Å²) in [5, 5.41) is 33.8. The SMILES string of the molecule is CC(=O)c1cc(/C=[N+](\[O-])C(C)(C)C)c2cc(C(C)C)cccc1-2.N#CC1CCCCC1.[C-]#[N+]C1(ON(C(c2cc(C(C)=O)c3c(C)ccc(C(C)C)cc2-3)C2(C#N)CCCCC2)C(C)(C)C)CCCCC1. The number of fused-ring (bicyclic) bond motifs is 2. The maximum absolute atomic E-state index is 13.1. The van der Waals surface area contributed by atoms with E-state index in [-0.39, 0.29) is 11.6 Å². The van der Waals surface area contributed by atoms with Gasteiger partial charge in [0, 0.05) is 48.9 Å². The number of hydrogen-bond donors (Lipinski definition) is 0. The number of carbonyl (C=O) groups is 2. The molecule has 0 spiro atoms. The van der Waals surface area contributed by atoms with E-state index in [1.807, 2.05) is 44.0 Å². The Hall–Kier alpha value is -5.40. The Morgan fingerprint density at radius 2 is 1.32 bits per heavy atom.